The number of fused-ring (bicyclic) bond motifs is 1. The summed E-state index contributed by atoms with van der Waals surface area (Å²) in [5.41, 5.74) is -1.61. The van der Waals surface area contributed by atoms with E-state index in [0.29, 0.717) is 23.1 Å². The Bertz CT molecular complexity index is 2040. The average Bonchev–Trinajstić information content (AvgIpc) is 3.46. The molecule has 0 radical (unpaired) electrons. The molecule has 17 heteroatoms. The summed E-state index contributed by atoms with van der Waals surface area (Å²) >= 11 is 5.67. The van der Waals surface area contributed by atoms with E-state index in [4.69, 9.17) is 21.1 Å². The lowest BCUT2D eigenvalue weighted by atomic mass is 9.95. The number of benzene rings is 4. The first kappa shape index (κ1) is 36.8. The van der Waals surface area contributed by atoms with Crippen LogP contribution in [-0.4, -0.2) is 57.3 Å². The molecule has 274 valence electrons. The van der Waals surface area contributed by atoms with Crippen molar-refractivity contribution in [3.63, 3.8) is 0 Å². The van der Waals surface area contributed by atoms with Gasteiger partial charge in [0.05, 0.1) is 58.6 Å². The molecule has 1 fully saturated rings. The van der Waals surface area contributed by atoms with Gasteiger partial charge in [-0.25, -0.2) is 9.78 Å². The number of alkyl halides is 6. The van der Waals surface area contributed by atoms with E-state index in [0.717, 1.165) is 24.3 Å². The second-order valence-electron chi connectivity index (χ2n) is 11.9. The van der Waals surface area contributed by atoms with Crippen LogP contribution in [0, 0.1) is 0 Å². The van der Waals surface area contributed by atoms with Gasteiger partial charge >= 0.3 is 18.4 Å². The van der Waals surface area contributed by atoms with Gasteiger partial charge in [-0.15, -0.1) is 0 Å². The monoisotopic (exact) mass is 749 g/mol. The van der Waals surface area contributed by atoms with Crippen LogP contribution < -0.4 is 20.7 Å². The van der Waals surface area contributed by atoms with Gasteiger partial charge in [0.15, 0.2) is 0 Å². The molecule has 1 aliphatic heterocycles. The summed E-state index contributed by atoms with van der Waals surface area (Å²) in [5.74, 6) is 1.14. The highest BCUT2D eigenvalue weighted by Crippen LogP contribution is 2.38. The smallest absolute Gasteiger partial charge is 0.417 e. The van der Waals surface area contributed by atoms with Gasteiger partial charge in [-0.2, -0.15) is 26.3 Å². The predicted octanol–water partition coefficient (Wildman–Crippen LogP) is 7.62. The quantitative estimate of drug-likeness (QED) is 0.0982. The molecule has 1 aromatic heterocycles. The lowest BCUT2D eigenvalue weighted by Gasteiger charge is -2.41. The number of amides is 2. The zero-order valence-corrected chi connectivity index (χ0v) is 27.5. The van der Waals surface area contributed by atoms with E-state index in [1.807, 2.05) is 18.2 Å². The molecule has 3 unspecified atom stereocenters. The third-order valence-corrected chi connectivity index (χ3v) is 8.63. The van der Waals surface area contributed by atoms with Crippen molar-refractivity contribution >= 4 is 40.3 Å². The van der Waals surface area contributed by atoms with Crippen molar-refractivity contribution in [3.05, 3.63) is 113 Å². The van der Waals surface area contributed by atoms with Crippen molar-refractivity contribution in [3.8, 4) is 11.5 Å². The van der Waals surface area contributed by atoms with Gasteiger partial charge in [-0.05, 0) is 66.2 Å². The van der Waals surface area contributed by atoms with Crippen LogP contribution in [0.5, 0.6) is 11.5 Å². The largest absolute Gasteiger partial charge is 0.457 e. The summed E-state index contributed by atoms with van der Waals surface area (Å²) in [6.07, 6.45) is -12.1. The van der Waals surface area contributed by atoms with Gasteiger partial charge in [0, 0.05) is 12.2 Å². The van der Waals surface area contributed by atoms with Crippen LogP contribution >= 0.6 is 11.6 Å². The van der Waals surface area contributed by atoms with Crippen LogP contribution in [0.2, 0.25) is 5.02 Å². The number of rotatable bonds is 9. The number of anilines is 2. The number of aliphatic hydroxyl groups excluding tert-OH is 2. The van der Waals surface area contributed by atoms with Gasteiger partial charge in [-0.1, -0.05) is 41.9 Å². The topological polar surface area (TPSA) is 130 Å². The Balaban J connectivity index is 1.29. The van der Waals surface area contributed by atoms with Gasteiger partial charge in [0.1, 0.15) is 17.6 Å². The molecule has 2 heterocycles. The first-order chi connectivity index (χ1) is 24.7. The molecule has 4 aromatic carbocycles. The van der Waals surface area contributed by atoms with E-state index in [1.54, 1.807) is 36.4 Å². The number of para-hydroxylation sites is 1. The molecule has 0 bridgehead atoms. The Morgan fingerprint density at radius 1 is 0.942 bits per heavy atom. The van der Waals surface area contributed by atoms with Crippen LogP contribution in [0.25, 0.3) is 11.0 Å². The number of carbonyl (C=O) groups excluding carboxylic acids is 1. The van der Waals surface area contributed by atoms with Gasteiger partial charge in [-0.3, -0.25) is 0 Å². The fourth-order valence-electron chi connectivity index (χ4n) is 5.87. The number of carbonyl (C=O) groups is 1. The minimum absolute atomic E-state index is 0.0146. The molecule has 5 N–H and O–H groups in total. The Labute approximate surface area is 296 Å². The highest BCUT2D eigenvalue weighted by Gasteiger charge is 2.43. The fraction of sp³-hybridized carbons (Fsp3) is 0.257. The molecule has 2 amide bonds. The van der Waals surface area contributed by atoms with Crippen LogP contribution in [0.1, 0.15) is 22.7 Å². The highest BCUT2D eigenvalue weighted by molar-refractivity contribution is 6.31. The van der Waals surface area contributed by atoms with Crippen molar-refractivity contribution in [2.24, 2.45) is 0 Å². The number of imidazole rings is 1. The summed E-state index contributed by atoms with van der Waals surface area (Å²) in [6.45, 7) is -0.864. The van der Waals surface area contributed by atoms with Crippen LogP contribution in [0.4, 0.5) is 42.8 Å². The normalized spacial score (nSPS) is 19.3. The Morgan fingerprint density at radius 3 is 2.40 bits per heavy atom. The lowest BCUT2D eigenvalue weighted by molar-refractivity contribution is -0.138. The molecular weight excluding hydrogens is 720 g/mol. The van der Waals surface area contributed by atoms with Gasteiger partial charge in [0.25, 0.3) is 0 Å². The zero-order chi connectivity index (χ0) is 37.2. The third-order valence-electron chi connectivity index (χ3n) is 8.30. The van der Waals surface area contributed by atoms with Crippen LogP contribution in [-0.2, 0) is 23.6 Å². The maximum atomic E-state index is 13.7. The van der Waals surface area contributed by atoms with Gasteiger partial charge in [0.2, 0.25) is 5.95 Å². The number of aromatic nitrogens is 2. The Kier molecular flexibility index (Phi) is 10.5. The van der Waals surface area contributed by atoms with E-state index in [2.05, 4.69) is 20.9 Å². The van der Waals surface area contributed by atoms with Crippen molar-refractivity contribution in [1.29, 1.82) is 0 Å². The van der Waals surface area contributed by atoms with Gasteiger partial charge < -0.3 is 40.2 Å². The Hall–Kier alpha value is -5.03. The molecule has 0 saturated carbocycles. The van der Waals surface area contributed by atoms with E-state index in [-0.39, 0.29) is 35.8 Å². The average molecular weight is 750 g/mol. The molecular formula is C35H30ClF6N5O5. The maximum Gasteiger partial charge on any atom is 0.417 e. The number of nitrogens with one attached hydrogen (secondary N) is 3. The van der Waals surface area contributed by atoms with Crippen molar-refractivity contribution in [1.82, 2.24) is 14.9 Å². The molecule has 1 saturated heterocycles. The SMILES string of the molecule is O=C(Nc1ccc(Cl)c(C(F)(F)F)c1)N[C@@H]1COC(CO)C(n2c(NCc3cccc(Oc4ccccc4)c3)nc3cc(C(F)(F)F)ccc32)C1O. The summed E-state index contributed by atoms with van der Waals surface area (Å²) in [6, 6.07) is 18.3. The van der Waals surface area contributed by atoms with E-state index in [9.17, 15) is 41.4 Å². The first-order valence-electron chi connectivity index (χ1n) is 15.7. The standard InChI is InChI=1S/C35H30ClF6N5O5/c36-25-11-10-21(15-24(25)35(40,41)42)44-33(50)46-27-18-51-29(17-48)30(31(27)49)47-28-12-9-20(34(37,38)39)14-26(28)45-32(47)43-16-19-5-4-8-23(13-19)52-22-6-2-1-3-7-22/h1-15,27,29-31,48-49H,16-18H2,(H,43,45)(H2,44,46,50)/t27-,29?,30?,31?/m1/s1. The summed E-state index contributed by atoms with van der Waals surface area (Å²) in [4.78, 5) is 17.3. The van der Waals surface area contributed by atoms with Crippen LogP contribution in [0.3, 0.4) is 0 Å². The van der Waals surface area contributed by atoms with E-state index >= 15 is 0 Å². The number of halogens is 7. The molecule has 6 rings (SSSR count). The van der Waals surface area contributed by atoms with Crippen molar-refractivity contribution in [2.75, 3.05) is 23.8 Å². The Morgan fingerprint density at radius 2 is 1.69 bits per heavy atom. The second kappa shape index (κ2) is 14.9. The zero-order valence-electron chi connectivity index (χ0n) is 26.8. The summed E-state index contributed by atoms with van der Waals surface area (Å²) in [7, 11) is 0. The van der Waals surface area contributed by atoms with Crippen molar-refractivity contribution < 1.29 is 50.8 Å². The number of urea groups is 1. The summed E-state index contributed by atoms with van der Waals surface area (Å²) < 4.78 is 94.2. The number of hydrogen-bond acceptors (Lipinski definition) is 7. The van der Waals surface area contributed by atoms with Crippen molar-refractivity contribution in [2.45, 2.75) is 43.2 Å². The molecule has 4 atom stereocenters. The molecule has 1 aliphatic rings. The number of aliphatic hydroxyl groups is 2. The molecule has 0 spiro atoms. The van der Waals surface area contributed by atoms with E-state index < -0.39 is 65.4 Å². The fourth-order valence-corrected chi connectivity index (χ4v) is 6.10. The highest BCUT2D eigenvalue weighted by atomic mass is 35.5. The number of nitrogens with zero attached hydrogens (tertiary/aromatic N) is 2. The minimum Gasteiger partial charge on any atom is -0.457 e. The molecule has 10 nitrogen and oxygen atoms in total. The summed E-state index contributed by atoms with van der Waals surface area (Å²) in [5, 5.41) is 29.2. The number of hydrogen-bond donors (Lipinski definition) is 5. The molecule has 0 aliphatic carbocycles. The predicted molar refractivity (Wildman–Crippen MR) is 179 cm³/mol. The molecule has 52 heavy (non-hydrogen) atoms. The maximum absolute atomic E-state index is 13.7. The molecule has 5 aromatic rings. The van der Waals surface area contributed by atoms with E-state index in [1.165, 1.54) is 10.6 Å². The first-order valence-corrected chi connectivity index (χ1v) is 16.1. The number of ether oxygens (including phenoxy) is 2. The minimum atomic E-state index is -4.79. The lowest BCUT2D eigenvalue weighted by Crippen LogP contribution is -2.58. The third kappa shape index (κ3) is 8.20. The second-order valence-corrected chi connectivity index (χ2v) is 12.3. The van der Waals surface area contributed by atoms with Crippen LogP contribution in [0.15, 0.2) is 91.0 Å².